The Labute approximate surface area is 183 Å². The van der Waals surface area contributed by atoms with Crippen molar-refractivity contribution in [2.75, 3.05) is 12.4 Å². The van der Waals surface area contributed by atoms with Crippen LogP contribution in [0.5, 0.6) is 0 Å². The van der Waals surface area contributed by atoms with Gasteiger partial charge in [-0.3, -0.25) is 9.55 Å². The Balaban J connectivity index is 1.43. The van der Waals surface area contributed by atoms with Crippen molar-refractivity contribution in [2.24, 2.45) is 0 Å². The van der Waals surface area contributed by atoms with Gasteiger partial charge in [-0.2, -0.15) is 0 Å². The van der Waals surface area contributed by atoms with Crippen LogP contribution in [0.2, 0.25) is 0 Å². The van der Waals surface area contributed by atoms with E-state index in [1.54, 1.807) is 30.6 Å². The molecule has 158 valence electrons. The molecular weight excluding hydrogens is 415 g/mol. The van der Waals surface area contributed by atoms with E-state index in [0.717, 1.165) is 11.3 Å². The Hall–Kier alpha value is -3.07. The van der Waals surface area contributed by atoms with Crippen LogP contribution >= 0.6 is 11.8 Å². The largest absolute Gasteiger partial charge is 0.390 e. The second-order valence-corrected chi connectivity index (χ2v) is 7.78. The highest BCUT2D eigenvalue weighted by atomic mass is 32.2. The molecule has 4 aromatic rings. The molecule has 0 saturated carbocycles. The Morgan fingerprint density at radius 2 is 1.81 bits per heavy atom. The number of aromatic nitrogens is 4. The molecule has 0 radical (unpaired) electrons. The normalized spacial score (nSPS) is 12.1. The van der Waals surface area contributed by atoms with Gasteiger partial charge >= 0.3 is 0 Å². The minimum Gasteiger partial charge on any atom is -0.390 e. The summed E-state index contributed by atoms with van der Waals surface area (Å²) in [5, 5.41) is 19.7. The van der Waals surface area contributed by atoms with Gasteiger partial charge in [0.2, 0.25) is 0 Å². The van der Waals surface area contributed by atoms with Crippen LogP contribution in [0.15, 0.2) is 84.3 Å². The fraction of sp³-hybridized carbons (Fsp3) is 0.174. The van der Waals surface area contributed by atoms with Crippen LogP contribution in [0.3, 0.4) is 0 Å². The van der Waals surface area contributed by atoms with Gasteiger partial charge in [-0.15, -0.1) is 10.2 Å². The summed E-state index contributed by atoms with van der Waals surface area (Å²) in [6.07, 6.45) is 2.71. The Morgan fingerprint density at radius 3 is 2.58 bits per heavy atom. The minimum absolute atomic E-state index is 0.0935. The predicted octanol–water partition coefficient (Wildman–Crippen LogP) is 4.14. The van der Waals surface area contributed by atoms with Crippen molar-refractivity contribution in [3.63, 3.8) is 0 Å². The highest BCUT2D eigenvalue weighted by Gasteiger charge is 2.17. The van der Waals surface area contributed by atoms with Gasteiger partial charge in [-0.25, -0.2) is 4.39 Å². The molecule has 6 nitrogen and oxygen atoms in total. The predicted molar refractivity (Wildman–Crippen MR) is 117 cm³/mol. The van der Waals surface area contributed by atoms with E-state index in [4.69, 9.17) is 4.74 Å². The maximum atomic E-state index is 13.7. The number of thioether (sulfide) groups is 1. The SMILES string of the molecule is OC(COCc1ccccc1F)CSc1nnc(-c2cccnc2)n1-c1ccccc1. The van der Waals surface area contributed by atoms with E-state index in [2.05, 4.69) is 15.2 Å². The molecule has 0 spiro atoms. The highest BCUT2D eigenvalue weighted by molar-refractivity contribution is 7.99. The second kappa shape index (κ2) is 10.3. The van der Waals surface area contributed by atoms with Crippen LogP contribution in [0.1, 0.15) is 5.56 Å². The summed E-state index contributed by atoms with van der Waals surface area (Å²) >= 11 is 1.38. The van der Waals surface area contributed by atoms with Crippen LogP contribution in [0, 0.1) is 5.82 Å². The Morgan fingerprint density at radius 1 is 1.00 bits per heavy atom. The number of hydrogen-bond donors (Lipinski definition) is 1. The van der Waals surface area contributed by atoms with Crippen LogP contribution in [0.4, 0.5) is 4.39 Å². The molecule has 0 bridgehead atoms. The highest BCUT2D eigenvalue weighted by Crippen LogP contribution is 2.27. The summed E-state index contributed by atoms with van der Waals surface area (Å²) in [6.45, 7) is 0.204. The van der Waals surface area contributed by atoms with Crippen molar-refractivity contribution < 1.29 is 14.2 Å². The van der Waals surface area contributed by atoms with Gasteiger partial charge in [0.15, 0.2) is 11.0 Å². The third-order valence-electron chi connectivity index (χ3n) is 4.50. The molecular formula is C23H21FN4O2S. The average Bonchev–Trinajstić information content (AvgIpc) is 3.24. The average molecular weight is 437 g/mol. The second-order valence-electron chi connectivity index (χ2n) is 6.79. The number of para-hydroxylation sites is 1. The lowest BCUT2D eigenvalue weighted by Crippen LogP contribution is -2.18. The first-order chi connectivity index (χ1) is 15.2. The molecule has 1 N–H and O–H groups in total. The van der Waals surface area contributed by atoms with E-state index in [-0.39, 0.29) is 19.0 Å². The molecule has 2 aromatic heterocycles. The first-order valence-electron chi connectivity index (χ1n) is 9.75. The number of rotatable bonds is 9. The van der Waals surface area contributed by atoms with E-state index in [9.17, 15) is 9.50 Å². The summed E-state index contributed by atoms with van der Waals surface area (Å²) in [4.78, 5) is 4.17. The minimum atomic E-state index is -0.737. The number of benzene rings is 2. The van der Waals surface area contributed by atoms with E-state index >= 15 is 0 Å². The number of ether oxygens (including phenoxy) is 1. The molecule has 0 fully saturated rings. The van der Waals surface area contributed by atoms with Crippen LogP contribution < -0.4 is 0 Å². The first kappa shape index (κ1) is 21.2. The summed E-state index contributed by atoms with van der Waals surface area (Å²) in [5.41, 5.74) is 2.23. The van der Waals surface area contributed by atoms with Gasteiger partial charge in [-0.1, -0.05) is 48.2 Å². The molecule has 0 saturated heterocycles. The summed E-state index contributed by atoms with van der Waals surface area (Å²) in [7, 11) is 0. The van der Waals surface area contributed by atoms with Crippen LogP contribution in [0.25, 0.3) is 17.1 Å². The molecule has 0 aliphatic heterocycles. The maximum Gasteiger partial charge on any atom is 0.196 e. The molecule has 2 aromatic carbocycles. The molecule has 0 aliphatic carbocycles. The fourth-order valence-corrected chi connectivity index (χ4v) is 3.85. The van der Waals surface area contributed by atoms with Gasteiger partial charge in [0, 0.05) is 35.0 Å². The summed E-state index contributed by atoms with van der Waals surface area (Å²) < 4.78 is 21.1. The lowest BCUT2D eigenvalue weighted by atomic mass is 10.2. The number of pyridine rings is 1. The quantitative estimate of drug-likeness (QED) is 0.398. The molecule has 1 unspecified atom stereocenters. The third kappa shape index (κ3) is 5.35. The number of halogens is 1. The van der Waals surface area contributed by atoms with Crippen molar-refractivity contribution in [3.8, 4) is 17.1 Å². The van der Waals surface area contributed by atoms with E-state index in [0.29, 0.717) is 22.3 Å². The van der Waals surface area contributed by atoms with Crippen molar-refractivity contribution in [3.05, 3.63) is 90.5 Å². The lowest BCUT2D eigenvalue weighted by Gasteiger charge is -2.13. The van der Waals surface area contributed by atoms with Gasteiger partial charge in [0.05, 0.1) is 19.3 Å². The Kier molecular flexibility index (Phi) is 7.03. The summed E-state index contributed by atoms with van der Waals surface area (Å²) in [5.74, 6) is 0.715. The molecule has 1 atom stereocenters. The topological polar surface area (TPSA) is 73.1 Å². The fourth-order valence-electron chi connectivity index (χ4n) is 2.99. The van der Waals surface area contributed by atoms with Gasteiger partial charge in [0.25, 0.3) is 0 Å². The van der Waals surface area contributed by atoms with E-state index in [1.807, 2.05) is 47.0 Å². The Bertz CT molecular complexity index is 1110. The molecule has 0 aliphatic rings. The summed E-state index contributed by atoms with van der Waals surface area (Å²) in [6, 6.07) is 20.0. The van der Waals surface area contributed by atoms with E-state index in [1.165, 1.54) is 17.8 Å². The lowest BCUT2D eigenvalue weighted by molar-refractivity contribution is 0.0386. The van der Waals surface area contributed by atoms with Crippen molar-refractivity contribution in [1.82, 2.24) is 19.7 Å². The standard InChI is InChI=1S/C23H21FN4O2S/c24-21-11-5-4-7-18(21)14-30-15-20(29)16-31-23-27-26-22(17-8-6-12-25-13-17)28(23)19-9-2-1-3-10-19/h1-13,20,29H,14-16H2. The zero-order valence-corrected chi connectivity index (χ0v) is 17.5. The van der Waals surface area contributed by atoms with Gasteiger partial charge < -0.3 is 9.84 Å². The number of aliphatic hydroxyl groups is 1. The monoisotopic (exact) mass is 436 g/mol. The third-order valence-corrected chi connectivity index (χ3v) is 5.57. The maximum absolute atomic E-state index is 13.7. The first-order valence-corrected chi connectivity index (χ1v) is 10.7. The van der Waals surface area contributed by atoms with Crippen LogP contribution in [-0.2, 0) is 11.3 Å². The molecule has 2 heterocycles. The van der Waals surface area contributed by atoms with Crippen LogP contribution in [-0.4, -0.2) is 43.3 Å². The number of hydrogen-bond acceptors (Lipinski definition) is 6. The number of aliphatic hydroxyl groups excluding tert-OH is 1. The van der Waals surface area contributed by atoms with E-state index < -0.39 is 6.10 Å². The molecule has 8 heteroatoms. The zero-order chi connectivity index (χ0) is 21.5. The number of nitrogens with zero attached hydrogens (tertiary/aromatic N) is 4. The zero-order valence-electron chi connectivity index (χ0n) is 16.6. The molecule has 4 rings (SSSR count). The molecule has 31 heavy (non-hydrogen) atoms. The van der Waals surface area contributed by atoms with Gasteiger partial charge in [0.1, 0.15) is 5.82 Å². The molecule has 0 amide bonds. The van der Waals surface area contributed by atoms with Crippen molar-refractivity contribution in [2.45, 2.75) is 17.9 Å². The van der Waals surface area contributed by atoms with Gasteiger partial charge in [-0.05, 0) is 30.3 Å². The smallest absolute Gasteiger partial charge is 0.196 e. The van der Waals surface area contributed by atoms with Crippen molar-refractivity contribution >= 4 is 11.8 Å². The van der Waals surface area contributed by atoms with Crippen molar-refractivity contribution in [1.29, 1.82) is 0 Å².